The summed E-state index contributed by atoms with van der Waals surface area (Å²) in [6.07, 6.45) is 4.99. The molecular formula is C17H22N4O3. The molecule has 0 unspecified atom stereocenters. The number of carbonyl (C=O) groups excluding carboxylic acids is 1. The molecule has 1 atom stereocenters. The lowest BCUT2D eigenvalue weighted by Crippen LogP contribution is -2.26. The zero-order valence-corrected chi connectivity index (χ0v) is 13.8. The van der Waals surface area contributed by atoms with Gasteiger partial charge >= 0.3 is 0 Å². The molecule has 0 spiro atoms. The maximum Gasteiger partial charge on any atom is 0.292 e. The number of nitrogens with one attached hydrogen (secondary N) is 1. The van der Waals surface area contributed by atoms with Gasteiger partial charge in [0.2, 0.25) is 5.89 Å². The van der Waals surface area contributed by atoms with Crippen LogP contribution in [0.4, 0.5) is 0 Å². The standard InChI is InChI=1S/C17H22N4O3/c1-2-12-7-8-13(23-12)10-21-9-3-4-14(21)17-19-15(20-24-17)16(22)18-11-5-6-11/h7-8,11,14H,2-6,9-10H2,1H3,(H,18,22)/t14-/m0/s1. The first-order valence-electron chi connectivity index (χ1n) is 8.69. The quantitative estimate of drug-likeness (QED) is 0.876. The molecule has 2 aliphatic rings. The average Bonchev–Trinajstić information content (AvgIpc) is 3.01. The smallest absolute Gasteiger partial charge is 0.292 e. The predicted molar refractivity (Wildman–Crippen MR) is 85.3 cm³/mol. The molecule has 3 heterocycles. The summed E-state index contributed by atoms with van der Waals surface area (Å²) in [5.74, 6) is 2.36. The predicted octanol–water partition coefficient (Wildman–Crippen LogP) is 2.45. The molecule has 7 heteroatoms. The lowest BCUT2D eigenvalue weighted by atomic mass is 10.2. The summed E-state index contributed by atoms with van der Waals surface area (Å²) in [6.45, 7) is 3.75. The topological polar surface area (TPSA) is 84.4 Å². The summed E-state index contributed by atoms with van der Waals surface area (Å²) in [6, 6.07) is 4.38. The highest BCUT2D eigenvalue weighted by atomic mass is 16.5. The minimum Gasteiger partial charge on any atom is -0.465 e. The molecule has 2 aromatic heterocycles. The molecule has 1 amide bonds. The number of furan rings is 1. The summed E-state index contributed by atoms with van der Waals surface area (Å²) < 4.78 is 11.2. The van der Waals surface area contributed by atoms with Gasteiger partial charge in [-0.15, -0.1) is 0 Å². The van der Waals surface area contributed by atoms with Crippen LogP contribution >= 0.6 is 0 Å². The van der Waals surface area contributed by atoms with Gasteiger partial charge in [-0.3, -0.25) is 9.69 Å². The molecule has 0 radical (unpaired) electrons. The molecule has 2 aromatic rings. The summed E-state index contributed by atoms with van der Waals surface area (Å²) in [5.41, 5.74) is 0. The van der Waals surface area contributed by atoms with E-state index in [0.29, 0.717) is 5.89 Å². The van der Waals surface area contributed by atoms with Gasteiger partial charge in [-0.05, 0) is 44.4 Å². The van der Waals surface area contributed by atoms with E-state index in [-0.39, 0.29) is 23.8 Å². The number of carbonyl (C=O) groups is 1. The van der Waals surface area contributed by atoms with Crippen LogP contribution in [0.5, 0.6) is 0 Å². The van der Waals surface area contributed by atoms with E-state index in [9.17, 15) is 4.79 Å². The Bertz CT molecular complexity index is 719. The average molecular weight is 330 g/mol. The van der Waals surface area contributed by atoms with Crippen LogP contribution in [0, 0.1) is 0 Å². The summed E-state index contributed by atoms with van der Waals surface area (Å²) >= 11 is 0. The van der Waals surface area contributed by atoms with Crippen molar-refractivity contribution in [3.05, 3.63) is 35.4 Å². The molecule has 4 rings (SSSR count). The Hall–Kier alpha value is -2.15. The molecule has 1 aliphatic carbocycles. The Morgan fingerprint density at radius 2 is 2.17 bits per heavy atom. The molecule has 0 bridgehead atoms. The normalized spacial score (nSPS) is 21.3. The largest absolute Gasteiger partial charge is 0.465 e. The van der Waals surface area contributed by atoms with Gasteiger partial charge in [-0.2, -0.15) is 4.98 Å². The highest BCUT2D eigenvalue weighted by Crippen LogP contribution is 2.32. The lowest BCUT2D eigenvalue weighted by molar-refractivity contribution is 0.0937. The maximum absolute atomic E-state index is 12.0. The number of aryl methyl sites for hydroxylation is 1. The van der Waals surface area contributed by atoms with E-state index >= 15 is 0 Å². The molecule has 128 valence electrons. The SMILES string of the molecule is CCc1ccc(CN2CCC[C@H]2c2nc(C(=O)NC3CC3)no2)o1. The Morgan fingerprint density at radius 1 is 1.33 bits per heavy atom. The van der Waals surface area contributed by atoms with Gasteiger partial charge in [0.25, 0.3) is 11.7 Å². The molecule has 24 heavy (non-hydrogen) atoms. The van der Waals surface area contributed by atoms with Gasteiger partial charge in [0.1, 0.15) is 11.5 Å². The molecule has 7 nitrogen and oxygen atoms in total. The van der Waals surface area contributed by atoms with E-state index < -0.39 is 0 Å². The fraction of sp³-hybridized carbons (Fsp3) is 0.588. The van der Waals surface area contributed by atoms with Crippen LogP contribution in [-0.2, 0) is 13.0 Å². The van der Waals surface area contributed by atoms with Crippen LogP contribution in [-0.4, -0.2) is 33.5 Å². The van der Waals surface area contributed by atoms with Crippen LogP contribution in [0.25, 0.3) is 0 Å². The lowest BCUT2D eigenvalue weighted by Gasteiger charge is -2.19. The molecule has 1 N–H and O–H groups in total. The van der Waals surface area contributed by atoms with Crippen LogP contribution in [0.3, 0.4) is 0 Å². The Kier molecular flexibility index (Phi) is 4.10. The Labute approximate surface area is 140 Å². The number of rotatable bonds is 6. The van der Waals surface area contributed by atoms with Crippen molar-refractivity contribution in [1.29, 1.82) is 0 Å². The van der Waals surface area contributed by atoms with Crippen molar-refractivity contribution >= 4 is 5.91 Å². The number of hydrogen-bond acceptors (Lipinski definition) is 6. The van der Waals surface area contributed by atoms with E-state index in [2.05, 4.69) is 27.3 Å². The summed E-state index contributed by atoms with van der Waals surface area (Å²) in [5, 5.41) is 6.73. The van der Waals surface area contributed by atoms with Crippen LogP contribution in [0.15, 0.2) is 21.1 Å². The van der Waals surface area contributed by atoms with Crippen LogP contribution < -0.4 is 5.32 Å². The fourth-order valence-electron chi connectivity index (χ4n) is 3.13. The van der Waals surface area contributed by atoms with Crippen molar-refractivity contribution < 1.29 is 13.7 Å². The van der Waals surface area contributed by atoms with E-state index in [0.717, 1.165) is 56.7 Å². The summed E-state index contributed by atoms with van der Waals surface area (Å²) in [7, 11) is 0. The van der Waals surface area contributed by atoms with Crippen molar-refractivity contribution in [3.63, 3.8) is 0 Å². The Balaban J connectivity index is 1.44. The van der Waals surface area contributed by atoms with Crippen molar-refractivity contribution in [2.75, 3.05) is 6.54 Å². The second-order valence-corrected chi connectivity index (χ2v) is 6.55. The minimum absolute atomic E-state index is 0.0511. The molecule has 2 fully saturated rings. The highest BCUT2D eigenvalue weighted by Gasteiger charge is 2.33. The molecule has 1 saturated carbocycles. The third-order valence-corrected chi connectivity index (χ3v) is 4.63. The van der Waals surface area contributed by atoms with Gasteiger partial charge in [0, 0.05) is 12.5 Å². The number of likely N-dealkylation sites (tertiary alicyclic amines) is 1. The van der Waals surface area contributed by atoms with Crippen molar-refractivity contribution in [1.82, 2.24) is 20.4 Å². The number of hydrogen-bond donors (Lipinski definition) is 1. The van der Waals surface area contributed by atoms with Gasteiger partial charge in [-0.25, -0.2) is 0 Å². The van der Waals surface area contributed by atoms with Crippen molar-refractivity contribution in [3.8, 4) is 0 Å². The van der Waals surface area contributed by atoms with Gasteiger partial charge in [0.15, 0.2) is 0 Å². The zero-order valence-electron chi connectivity index (χ0n) is 13.8. The third kappa shape index (κ3) is 3.21. The van der Waals surface area contributed by atoms with Crippen molar-refractivity contribution in [2.45, 2.75) is 57.7 Å². The number of aromatic nitrogens is 2. The zero-order chi connectivity index (χ0) is 16.5. The molecule has 1 saturated heterocycles. The minimum atomic E-state index is -0.240. The van der Waals surface area contributed by atoms with Crippen molar-refractivity contribution in [2.24, 2.45) is 0 Å². The number of nitrogens with zero attached hydrogens (tertiary/aromatic N) is 3. The summed E-state index contributed by atoms with van der Waals surface area (Å²) in [4.78, 5) is 18.6. The molecular weight excluding hydrogens is 308 g/mol. The van der Waals surface area contributed by atoms with Crippen LogP contribution in [0.1, 0.15) is 66.7 Å². The molecule has 0 aromatic carbocycles. The van der Waals surface area contributed by atoms with Crippen LogP contribution in [0.2, 0.25) is 0 Å². The van der Waals surface area contributed by atoms with E-state index in [1.807, 2.05) is 12.1 Å². The van der Waals surface area contributed by atoms with Gasteiger partial charge < -0.3 is 14.3 Å². The Morgan fingerprint density at radius 3 is 2.92 bits per heavy atom. The fourth-order valence-corrected chi connectivity index (χ4v) is 3.13. The van der Waals surface area contributed by atoms with Gasteiger partial charge in [0.05, 0.1) is 12.6 Å². The monoisotopic (exact) mass is 330 g/mol. The third-order valence-electron chi connectivity index (χ3n) is 4.63. The second-order valence-electron chi connectivity index (χ2n) is 6.55. The highest BCUT2D eigenvalue weighted by molar-refractivity contribution is 5.90. The maximum atomic E-state index is 12.0. The first-order valence-corrected chi connectivity index (χ1v) is 8.69. The van der Waals surface area contributed by atoms with E-state index in [1.54, 1.807) is 0 Å². The first kappa shape index (κ1) is 15.4. The first-order chi connectivity index (χ1) is 11.7. The van der Waals surface area contributed by atoms with Gasteiger partial charge in [-0.1, -0.05) is 12.1 Å². The van der Waals surface area contributed by atoms with E-state index in [1.165, 1.54) is 0 Å². The molecule has 1 aliphatic heterocycles. The number of amides is 1. The van der Waals surface area contributed by atoms with E-state index in [4.69, 9.17) is 8.94 Å². The second kappa shape index (κ2) is 6.39.